The number of nitrogens with one attached hydrogen (secondary N) is 1. The average Bonchev–Trinajstić information content (AvgIpc) is 2.79. The van der Waals surface area contributed by atoms with Gasteiger partial charge in [0.1, 0.15) is 5.82 Å². The number of nitrogens with zero attached hydrogens (tertiary/aromatic N) is 4. The molecule has 8 heteroatoms. The Morgan fingerprint density at radius 2 is 1.87 bits per heavy atom. The van der Waals surface area contributed by atoms with Crippen molar-refractivity contribution in [1.29, 1.82) is 0 Å². The zero-order chi connectivity index (χ0) is 21.6. The molecule has 0 aliphatic carbocycles. The molecule has 0 bridgehead atoms. The molecule has 1 aromatic heterocycles. The van der Waals surface area contributed by atoms with Gasteiger partial charge in [0.2, 0.25) is 0 Å². The second-order valence-corrected chi connectivity index (χ2v) is 7.55. The number of aryl methyl sites for hydroxylation is 1. The van der Waals surface area contributed by atoms with E-state index in [0.29, 0.717) is 17.2 Å². The van der Waals surface area contributed by atoms with E-state index in [-0.39, 0.29) is 11.7 Å². The molecule has 1 unspecified atom stereocenters. The van der Waals surface area contributed by atoms with Gasteiger partial charge in [-0.3, -0.25) is 15.0 Å². The van der Waals surface area contributed by atoms with E-state index in [4.69, 9.17) is 4.74 Å². The maximum absolute atomic E-state index is 11.1. The molecule has 2 aromatic carbocycles. The molecule has 8 nitrogen and oxygen atoms in total. The van der Waals surface area contributed by atoms with Gasteiger partial charge in [0.25, 0.3) is 5.69 Å². The number of nitro groups is 1. The molecule has 0 radical (unpaired) electrons. The van der Waals surface area contributed by atoms with Crippen molar-refractivity contribution in [3.8, 4) is 11.4 Å². The predicted molar refractivity (Wildman–Crippen MR) is 119 cm³/mol. The highest BCUT2D eigenvalue weighted by molar-refractivity contribution is 5.61. The summed E-state index contributed by atoms with van der Waals surface area (Å²) in [5.41, 5.74) is 2.59. The van der Waals surface area contributed by atoms with Crippen LogP contribution in [-0.2, 0) is 4.74 Å². The molecule has 1 fully saturated rings. The molecular weight excluding hydrogens is 394 g/mol. The van der Waals surface area contributed by atoms with Gasteiger partial charge < -0.3 is 10.1 Å². The molecule has 31 heavy (non-hydrogen) atoms. The Hall–Kier alpha value is -3.36. The lowest BCUT2D eigenvalue weighted by atomic mass is 10.1. The third-order valence-corrected chi connectivity index (χ3v) is 5.24. The summed E-state index contributed by atoms with van der Waals surface area (Å²) in [5, 5.41) is 14.7. The first-order valence-corrected chi connectivity index (χ1v) is 10.3. The number of anilines is 1. The van der Waals surface area contributed by atoms with Crippen molar-refractivity contribution in [2.45, 2.75) is 13.0 Å². The fourth-order valence-electron chi connectivity index (χ4n) is 3.67. The summed E-state index contributed by atoms with van der Waals surface area (Å²) in [6, 6.07) is 18.6. The molecule has 1 aliphatic heterocycles. The highest BCUT2D eigenvalue weighted by atomic mass is 16.6. The van der Waals surface area contributed by atoms with E-state index in [9.17, 15) is 10.1 Å². The second-order valence-electron chi connectivity index (χ2n) is 7.55. The largest absolute Gasteiger partial charge is 0.379 e. The van der Waals surface area contributed by atoms with Crippen LogP contribution >= 0.6 is 0 Å². The van der Waals surface area contributed by atoms with E-state index in [1.54, 1.807) is 12.1 Å². The maximum atomic E-state index is 11.1. The molecule has 0 spiro atoms. The fourth-order valence-corrected chi connectivity index (χ4v) is 3.67. The molecular formula is C23H25N5O3. The summed E-state index contributed by atoms with van der Waals surface area (Å²) in [6.45, 7) is 5.99. The molecule has 4 rings (SSSR count). The third kappa shape index (κ3) is 5.42. The van der Waals surface area contributed by atoms with Crippen LogP contribution in [0.1, 0.15) is 17.3 Å². The number of benzene rings is 2. The minimum absolute atomic E-state index is 0.0200. The van der Waals surface area contributed by atoms with Crippen molar-refractivity contribution in [2.24, 2.45) is 0 Å². The average molecular weight is 419 g/mol. The Kier molecular flexibility index (Phi) is 6.49. The Morgan fingerprint density at radius 1 is 1.10 bits per heavy atom. The number of rotatable bonds is 7. The molecule has 1 atom stereocenters. The van der Waals surface area contributed by atoms with E-state index in [2.05, 4.69) is 32.3 Å². The van der Waals surface area contributed by atoms with Gasteiger partial charge in [-0.05, 0) is 12.5 Å². The Morgan fingerprint density at radius 3 is 2.61 bits per heavy atom. The number of hydrogen-bond donors (Lipinski definition) is 1. The van der Waals surface area contributed by atoms with Crippen molar-refractivity contribution in [3.05, 3.63) is 82.0 Å². The van der Waals surface area contributed by atoms with Crippen LogP contribution < -0.4 is 5.32 Å². The van der Waals surface area contributed by atoms with Gasteiger partial charge in [-0.2, -0.15) is 0 Å². The molecule has 3 aromatic rings. The van der Waals surface area contributed by atoms with Gasteiger partial charge in [0.05, 0.1) is 24.2 Å². The smallest absolute Gasteiger partial charge is 0.270 e. The molecule has 0 saturated carbocycles. The van der Waals surface area contributed by atoms with E-state index in [0.717, 1.165) is 38.5 Å². The monoisotopic (exact) mass is 419 g/mol. The fraction of sp³-hybridized carbons (Fsp3) is 0.304. The maximum Gasteiger partial charge on any atom is 0.270 e. The highest BCUT2D eigenvalue weighted by Crippen LogP contribution is 2.25. The zero-order valence-electron chi connectivity index (χ0n) is 17.4. The minimum Gasteiger partial charge on any atom is -0.379 e. The van der Waals surface area contributed by atoms with Gasteiger partial charge >= 0.3 is 0 Å². The Balaban J connectivity index is 1.62. The molecule has 2 heterocycles. The molecule has 1 saturated heterocycles. The normalized spacial score (nSPS) is 15.4. The van der Waals surface area contributed by atoms with E-state index in [1.165, 1.54) is 17.7 Å². The van der Waals surface area contributed by atoms with Crippen molar-refractivity contribution >= 4 is 11.5 Å². The summed E-state index contributed by atoms with van der Waals surface area (Å²) in [6.07, 6.45) is 0. The van der Waals surface area contributed by atoms with Crippen LogP contribution in [0, 0.1) is 17.0 Å². The quantitative estimate of drug-likeness (QED) is 0.459. The van der Waals surface area contributed by atoms with Crippen LogP contribution in [0.25, 0.3) is 11.4 Å². The Bertz CT molecular complexity index is 1040. The van der Waals surface area contributed by atoms with Gasteiger partial charge in [0.15, 0.2) is 5.82 Å². The summed E-state index contributed by atoms with van der Waals surface area (Å²) < 4.78 is 5.48. The number of hydrogen-bond acceptors (Lipinski definition) is 7. The van der Waals surface area contributed by atoms with Crippen LogP contribution in [-0.4, -0.2) is 52.6 Å². The SMILES string of the molecule is Cc1cc(NC(CN2CCOCC2)c2ccccc2)nc(-c2cccc([N+](=O)[O-])c2)n1. The van der Waals surface area contributed by atoms with Gasteiger partial charge in [0, 0.05) is 49.1 Å². The van der Waals surface area contributed by atoms with Gasteiger partial charge in [-0.1, -0.05) is 42.5 Å². The summed E-state index contributed by atoms with van der Waals surface area (Å²) in [7, 11) is 0. The van der Waals surface area contributed by atoms with Crippen LogP contribution in [0.3, 0.4) is 0 Å². The lowest BCUT2D eigenvalue weighted by Crippen LogP contribution is -2.40. The molecule has 0 amide bonds. The van der Waals surface area contributed by atoms with E-state index >= 15 is 0 Å². The first kappa shape index (κ1) is 20.9. The van der Waals surface area contributed by atoms with Crippen LogP contribution in [0.4, 0.5) is 11.5 Å². The summed E-state index contributed by atoms with van der Waals surface area (Å²) >= 11 is 0. The number of aromatic nitrogens is 2. The van der Waals surface area contributed by atoms with E-state index < -0.39 is 4.92 Å². The summed E-state index contributed by atoms with van der Waals surface area (Å²) in [4.78, 5) is 22.3. The van der Waals surface area contributed by atoms with Gasteiger partial charge in [-0.15, -0.1) is 0 Å². The number of ether oxygens (including phenoxy) is 1. The molecule has 1 N–H and O–H groups in total. The van der Waals surface area contributed by atoms with Gasteiger partial charge in [-0.25, -0.2) is 9.97 Å². The van der Waals surface area contributed by atoms with Crippen LogP contribution in [0.5, 0.6) is 0 Å². The lowest BCUT2D eigenvalue weighted by molar-refractivity contribution is -0.384. The van der Waals surface area contributed by atoms with Crippen molar-refractivity contribution in [2.75, 3.05) is 38.2 Å². The number of morpholine rings is 1. The first-order valence-electron chi connectivity index (χ1n) is 10.3. The third-order valence-electron chi connectivity index (χ3n) is 5.24. The van der Waals surface area contributed by atoms with Crippen molar-refractivity contribution in [3.63, 3.8) is 0 Å². The first-order chi connectivity index (χ1) is 15.1. The number of non-ortho nitro benzene ring substituents is 1. The van der Waals surface area contributed by atoms with Crippen molar-refractivity contribution in [1.82, 2.24) is 14.9 Å². The lowest BCUT2D eigenvalue weighted by Gasteiger charge is -2.31. The van der Waals surface area contributed by atoms with E-state index in [1.807, 2.05) is 31.2 Å². The number of nitro benzene ring substituents is 1. The van der Waals surface area contributed by atoms with Crippen molar-refractivity contribution < 1.29 is 9.66 Å². The highest BCUT2D eigenvalue weighted by Gasteiger charge is 2.19. The molecule has 160 valence electrons. The second kappa shape index (κ2) is 9.63. The van der Waals surface area contributed by atoms with Crippen LogP contribution in [0.2, 0.25) is 0 Å². The minimum atomic E-state index is -0.410. The Labute approximate surface area is 181 Å². The standard InChI is InChI=1S/C23H25N5O3/c1-17-14-22(26-23(24-17)19-8-5-9-20(15-19)28(29)30)25-21(18-6-3-2-4-7-18)16-27-10-12-31-13-11-27/h2-9,14-15,21H,10-13,16H2,1H3,(H,24,25,26). The topological polar surface area (TPSA) is 93.4 Å². The summed E-state index contributed by atoms with van der Waals surface area (Å²) in [5.74, 6) is 1.15. The molecule has 1 aliphatic rings. The van der Waals surface area contributed by atoms with Crippen LogP contribution in [0.15, 0.2) is 60.7 Å². The zero-order valence-corrected chi connectivity index (χ0v) is 17.4. The predicted octanol–water partition coefficient (Wildman–Crippen LogP) is 3.85.